The molecule has 0 amide bonds. The van der Waals surface area contributed by atoms with E-state index in [1.54, 1.807) is 11.8 Å². The number of carbonyl (C=O) groups is 1. The highest BCUT2D eigenvalue weighted by molar-refractivity contribution is 5.86. The van der Waals surface area contributed by atoms with E-state index >= 15 is 0 Å². The minimum absolute atomic E-state index is 0.0641. The van der Waals surface area contributed by atoms with E-state index in [0.29, 0.717) is 25.3 Å². The van der Waals surface area contributed by atoms with Gasteiger partial charge in [0.05, 0.1) is 5.69 Å². The fraction of sp³-hybridized carbons (Fsp3) is 0.700. The van der Waals surface area contributed by atoms with Crippen molar-refractivity contribution in [3.05, 3.63) is 11.4 Å². The number of aromatic nitrogens is 3. The Morgan fingerprint density at radius 2 is 2.25 bits per heavy atom. The molecule has 6 nitrogen and oxygen atoms in total. The van der Waals surface area contributed by atoms with E-state index in [4.69, 9.17) is 9.84 Å². The molecule has 0 spiro atoms. The highest BCUT2D eigenvalue weighted by Crippen LogP contribution is 2.07. The summed E-state index contributed by atoms with van der Waals surface area (Å²) in [4.78, 5) is 10.8. The van der Waals surface area contributed by atoms with E-state index in [0.717, 1.165) is 12.8 Å². The molecule has 90 valence electrons. The third-order valence-corrected chi connectivity index (χ3v) is 2.34. The highest BCUT2D eigenvalue weighted by atomic mass is 16.5. The molecule has 1 rings (SSSR count). The van der Waals surface area contributed by atoms with Crippen molar-refractivity contribution in [1.82, 2.24) is 15.0 Å². The summed E-state index contributed by atoms with van der Waals surface area (Å²) >= 11 is 0. The van der Waals surface area contributed by atoms with Gasteiger partial charge in [-0.2, -0.15) is 0 Å². The molecule has 0 radical (unpaired) electrons. The standard InChI is InChI=1S/C10H17N3O3/c1-3-8-9(10(14)15)11-12-13(8)6-4-5-7-16-2/h3-7H2,1-2H3,(H,14,15). The minimum atomic E-state index is -1.01. The van der Waals surface area contributed by atoms with Gasteiger partial charge in [-0.15, -0.1) is 5.10 Å². The van der Waals surface area contributed by atoms with Crippen molar-refractivity contribution in [1.29, 1.82) is 0 Å². The van der Waals surface area contributed by atoms with Gasteiger partial charge in [-0.25, -0.2) is 9.48 Å². The number of carboxylic acids is 1. The van der Waals surface area contributed by atoms with E-state index in [1.165, 1.54) is 0 Å². The molecule has 0 aliphatic carbocycles. The predicted octanol–water partition coefficient (Wildman–Crippen LogP) is 0.965. The molecule has 0 bridgehead atoms. The van der Waals surface area contributed by atoms with Gasteiger partial charge in [-0.3, -0.25) is 0 Å². The van der Waals surface area contributed by atoms with Gasteiger partial charge in [0.15, 0.2) is 5.69 Å². The van der Waals surface area contributed by atoms with Gasteiger partial charge in [-0.1, -0.05) is 12.1 Å². The first-order valence-electron chi connectivity index (χ1n) is 5.35. The van der Waals surface area contributed by atoms with Crippen molar-refractivity contribution < 1.29 is 14.6 Å². The molecule has 0 fully saturated rings. The van der Waals surface area contributed by atoms with Crippen LogP contribution in [-0.4, -0.2) is 39.8 Å². The van der Waals surface area contributed by atoms with Crippen LogP contribution >= 0.6 is 0 Å². The van der Waals surface area contributed by atoms with E-state index < -0.39 is 5.97 Å². The lowest BCUT2D eigenvalue weighted by molar-refractivity contribution is 0.0689. The normalized spacial score (nSPS) is 10.6. The second-order valence-electron chi connectivity index (χ2n) is 3.47. The van der Waals surface area contributed by atoms with Gasteiger partial charge < -0.3 is 9.84 Å². The lowest BCUT2D eigenvalue weighted by Crippen LogP contribution is -2.08. The van der Waals surface area contributed by atoms with Crippen LogP contribution < -0.4 is 0 Å². The Bertz CT molecular complexity index is 349. The summed E-state index contributed by atoms with van der Waals surface area (Å²) < 4.78 is 6.61. The van der Waals surface area contributed by atoms with E-state index in [1.807, 2.05) is 6.92 Å². The fourth-order valence-electron chi connectivity index (χ4n) is 1.54. The van der Waals surface area contributed by atoms with Gasteiger partial charge >= 0.3 is 5.97 Å². The Morgan fingerprint density at radius 3 is 2.81 bits per heavy atom. The van der Waals surface area contributed by atoms with E-state index in [2.05, 4.69) is 10.3 Å². The SMILES string of the molecule is CCc1c(C(=O)O)nnn1CCCCOC. The van der Waals surface area contributed by atoms with Crippen LogP contribution in [0.15, 0.2) is 0 Å². The summed E-state index contributed by atoms with van der Waals surface area (Å²) in [6, 6.07) is 0. The Balaban J connectivity index is 2.62. The first-order chi connectivity index (χ1) is 7.70. The smallest absolute Gasteiger partial charge is 0.358 e. The lowest BCUT2D eigenvalue weighted by atomic mass is 10.2. The molecule has 1 N–H and O–H groups in total. The monoisotopic (exact) mass is 227 g/mol. The van der Waals surface area contributed by atoms with Crippen LogP contribution in [0.2, 0.25) is 0 Å². The van der Waals surface area contributed by atoms with Gasteiger partial charge in [-0.05, 0) is 19.3 Å². The maximum atomic E-state index is 10.8. The Labute approximate surface area is 94.2 Å². The summed E-state index contributed by atoms with van der Waals surface area (Å²) in [7, 11) is 1.66. The number of ether oxygens (including phenoxy) is 1. The van der Waals surface area contributed by atoms with Gasteiger partial charge in [0.1, 0.15) is 0 Å². The van der Waals surface area contributed by atoms with Crippen LogP contribution in [0.5, 0.6) is 0 Å². The number of hydrogen-bond acceptors (Lipinski definition) is 4. The van der Waals surface area contributed by atoms with Crippen LogP contribution in [0, 0.1) is 0 Å². The van der Waals surface area contributed by atoms with Gasteiger partial charge in [0.25, 0.3) is 0 Å². The summed E-state index contributed by atoms with van der Waals surface area (Å²) in [6.07, 6.45) is 2.46. The molecule has 0 aliphatic heterocycles. The number of hydrogen-bond donors (Lipinski definition) is 1. The molecule has 0 aliphatic rings. The zero-order valence-corrected chi connectivity index (χ0v) is 9.64. The zero-order chi connectivity index (χ0) is 12.0. The second kappa shape index (κ2) is 6.22. The van der Waals surface area contributed by atoms with Crippen molar-refractivity contribution >= 4 is 5.97 Å². The maximum Gasteiger partial charge on any atom is 0.358 e. The summed E-state index contributed by atoms with van der Waals surface area (Å²) in [6.45, 7) is 3.30. The minimum Gasteiger partial charge on any atom is -0.476 e. The molecule has 1 heterocycles. The largest absolute Gasteiger partial charge is 0.476 e. The summed E-state index contributed by atoms with van der Waals surface area (Å²) in [5, 5.41) is 16.4. The molecule has 1 aromatic heterocycles. The Kier molecular flexibility index (Phi) is 4.91. The molecule has 0 atom stereocenters. The molecule has 0 saturated heterocycles. The molecular formula is C10H17N3O3. The highest BCUT2D eigenvalue weighted by Gasteiger charge is 2.16. The lowest BCUT2D eigenvalue weighted by Gasteiger charge is -2.04. The molecule has 0 unspecified atom stereocenters. The molecule has 0 saturated carbocycles. The topological polar surface area (TPSA) is 77.2 Å². The Morgan fingerprint density at radius 1 is 1.50 bits per heavy atom. The van der Waals surface area contributed by atoms with Gasteiger partial charge in [0.2, 0.25) is 0 Å². The first-order valence-corrected chi connectivity index (χ1v) is 5.35. The van der Waals surface area contributed by atoms with Crippen molar-refractivity contribution in [2.24, 2.45) is 0 Å². The van der Waals surface area contributed by atoms with Crippen LogP contribution in [0.3, 0.4) is 0 Å². The average Bonchev–Trinajstić information content (AvgIpc) is 2.67. The third kappa shape index (κ3) is 3.03. The maximum absolute atomic E-state index is 10.8. The Hall–Kier alpha value is -1.43. The first kappa shape index (κ1) is 12.6. The summed E-state index contributed by atoms with van der Waals surface area (Å²) in [5.74, 6) is -1.01. The second-order valence-corrected chi connectivity index (χ2v) is 3.47. The molecular weight excluding hydrogens is 210 g/mol. The molecule has 1 aromatic rings. The van der Waals surface area contributed by atoms with Gasteiger partial charge in [0, 0.05) is 20.3 Å². The average molecular weight is 227 g/mol. The third-order valence-electron chi connectivity index (χ3n) is 2.34. The number of unbranched alkanes of at least 4 members (excludes halogenated alkanes) is 1. The number of aromatic carboxylic acids is 1. The molecule has 6 heteroatoms. The van der Waals surface area contributed by atoms with Crippen molar-refractivity contribution in [3.63, 3.8) is 0 Å². The zero-order valence-electron chi connectivity index (χ0n) is 9.64. The summed E-state index contributed by atoms with van der Waals surface area (Å²) in [5.41, 5.74) is 0.749. The van der Waals surface area contributed by atoms with Crippen molar-refractivity contribution in [2.75, 3.05) is 13.7 Å². The van der Waals surface area contributed by atoms with E-state index in [9.17, 15) is 4.79 Å². The van der Waals surface area contributed by atoms with Crippen LogP contribution in [0.4, 0.5) is 0 Å². The van der Waals surface area contributed by atoms with Crippen molar-refractivity contribution in [2.45, 2.75) is 32.7 Å². The number of carboxylic acid groups (broad SMARTS) is 1. The molecule has 0 aromatic carbocycles. The number of methoxy groups -OCH3 is 1. The predicted molar refractivity (Wildman–Crippen MR) is 57.5 cm³/mol. The van der Waals surface area contributed by atoms with Crippen LogP contribution in [0.25, 0.3) is 0 Å². The quantitative estimate of drug-likeness (QED) is 0.702. The van der Waals surface area contributed by atoms with Crippen LogP contribution in [-0.2, 0) is 17.7 Å². The number of aryl methyl sites for hydroxylation is 1. The number of nitrogens with zero attached hydrogens (tertiary/aromatic N) is 3. The molecule has 16 heavy (non-hydrogen) atoms. The van der Waals surface area contributed by atoms with Crippen LogP contribution in [0.1, 0.15) is 35.9 Å². The fourth-order valence-corrected chi connectivity index (χ4v) is 1.54. The van der Waals surface area contributed by atoms with Crippen molar-refractivity contribution in [3.8, 4) is 0 Å². The van der Waals surface area contributed by atoms with E-state index in [-0.39, 0.29) is 5.69 Å². The number of rotatable bonds is 7.